The number of alkyl halides is 3. The highest BCUT2D eigenvalue weighted by Crippen LogP contribution is 2.31. The zero-order valence-electron chi connectivity index (χ0n) is 13.1. The molecule has 0 saturated carbocycles. The van der Waals surface area contributed by atoms with Gasteiger partial charge >= 0.3 is 6.18 Å². The first-order valence-corrected chi connectivity index (χ1v) is 7.32. The van der Waals surface area contributed by atoms with E-state index >= 15 is 0 Å². The summed E-state index contributed by atoms with van der Waals surface area (Å²) >= 11 is 0. The predicted octanol–water partition coefficient (Wildman–Crippen LogP) is 1.91. The second-order valence-electron chi connectivity index (χ2n) is 6.09. The van der Waals surface area contributed by atoms with E-state index in [1.165, 1.54) is 17.0 Å². The number of carbonyl (C=O) groups is 1. The number of pyridine rings is 1. The molecule has 5 nitrogen and oxygen atoms in total. The van der Waals surface area contributed by atoms with Crippen LogP contribution in [0.25, 0.3) is 0 Å². The standard InChI is InChI=1S/C15H20F3N3O2/c1-20(2)13(22)9-14(23)7-4-8-21(10-14)12-6-3-5-11(19-12)15(16,17)18/h3,5-6,23H,4,7-10H2,1-2H3. The van der Waals surface area contributed by atoms with E-state index in [0.717, 1.165) is 6.07 Å². The minimum absolute atomic E-state index is 0.0601. The lowest BCUT2D eigenvalue weighted by atomic mass is 9.89. The van der Waals surface area contributed by atoms with Crippen molar-refractivity contribution in [1.82, 2.24) is 9.88 Å². The second-order valence-corrected chi connectivity index (χ2v) is 6.09. The number of nitrogens with zero attached hydrogens (tertiary/aromatic N) is 3. The van der Waals surface area contributed by atoms with E-state index in [-0.39, 0.29) is 24.7 Å². The molecule has 0 bridgehead atoms. The van der Waals surface area contributed by atoms with Gasteiger partial charge in [-0.05, 0) is 25.0 Å². The summed E-state index contributed by atoms with van der Waals surface area (Å²) in [5.41, 5.74) is -2.22. The molecule has 0 aliphatic carbocycles. The van der Waals surface area contributed by atoms with Crippen LogP contribution in [0, 0.1) is 0 Å². The Morgan fingerprint density at radius 2 is 2.13 bits per heavy atom. The van der Waals surface area contributed by atoms with Crippen molar-refractivity contribution >= 4 is 11.7 Å². The third-order valence-corrected chi connectivity index (χ3v) is 3.88. The first-order valence-electron chi connectivity index (χ1n) is 7.32. The van der Waals surface area contributed by atoms with Gasteiger partial charge in [-0.15, -0.1) is 0 Å². The molecule has 0 spiro atoms. The molecule has 23 heavy (non-hydrogen) atoms. The number of piperidine rings is 1. The van der Waals surface area contributed by atoms with E-state index < -0.39 is 17.5 Å². The third-order valence-electron chi connectivity index (χ3n) is 3.88. The second kappa shape index (κ2) is 6.35. The monoisotopic (exact) mass is 331 g/mol. The van der Waals surface area contributed by atoms with Gasteiger partial charge in [0.15, 0.2) is 0 Å². The van der Waals surface area contributed by atoms with Gasteiger partial charge in [0.25, 0.3) is 0 Å². The number of rotatable bonds is 3. The van der Waals surface area contributed by atoms with Crippen LogP contribution >= 0.6 is 0 Å². The SMILES string of the molecule is CN(C)C(=O)CC1(O)CCCN(c2cccc(C(F)(F)F)n2)C1. The molecular weight excluding hydrogens is 311 g/mol. The molecular formula is C15H20F3N3O2. The van der Waals surface area contributed by atoms with Gasteiger partial charge < -0.3 is 14.9 Å². The van der Waals surface area contributed by atoms with E-state index in [1.807, 2.05) is 0 Å². The van der Waals surface area contributed by atoms with Crippen LogP contribution in [0.4, 0.5) is 19.0 Å². The largest absolute Gasteiger partial charge is 0.433 e. The third kappa shape index (κ3) is 4.34. The first-order chi connectivity index (χ1) is 10.6. The smallest absolute Gasteiger partial charge is 0.388 e. The fraction of sp³-hybridized carbons (Fsp3) is 0.600. The maximum Gasteiger partial charge on any atom is 0.433 e. The Kier molecular flexibility index (Phi) is 4.84. The Morgan fingerprint density at radius 1 is 1.43 bits per heavy atom. The fourth-order valence-corrected chi connectivity index (χ4v) is 2.65. The Bertz CT molecular complexity index is 577. The number of carbonyl (C=O) groups excluding carboxylic acids is 1. The summed E-state index contributed by atoms with van der Waals surface area (Å²) < 4.78 is 38.3. The summed E-state index contributed by atoms with van der Waals surface area (Å²) in [7, 11) is 3.20. The molecule has 128 valence electrons. The molecule has 0 aromatic carbocycles. The topological polar surface area (TPSA) is 56.7 Å². The molecule has 1 aliphatic rings. The molecule has 0 radical (unpaired) electrons. The average Bonchev–Trinajstić information content (AvgIpc) is 2.46. The van der Waals surface area contributed by atoms with Crippen LogP contribution in [0.1, 0.15) is 25.0 Å². The van der Waals surface area contributed by atoms with Crippen LogP contribution in [0.2, 0.25) is 0 Å². The maximum atomic E-state index is 12.8. The normalized spacial score (nSPS) is 22.1. The zero-order valence-corrected chi connectivity index (χ0v) is 13.1. The minimum atomic E-state index is -4.51. The highest BCUT2D eigenvalue weighted by Gasteiger charge is 2.37. The molecule has 1 aromatic rings. The molecule has 1 amide bonds. The molecule has 1 fully saturated rings. The van der Waals surface area contributed by atoms with E-state index in [0.29, 0.717) is 19.4 Å². The van der Waals surface area contributed by atoms with Crippen LogP contribution in [0.5, 0.6) is 0 Å². The van der Waals surface area contributed by atoms with Gasteiger partial charge in [0.1, 0.15) is 11.5 Å². The number of halogens is 3. The quantitative estimate of drug-likeness (QED) is 0.919. The van der Waals surface area contributed by atoms with Gasteiger partial charge in [0, 0.05) is 27.2 Å². The molecule has 1 aromatic heterocycles. The Morgan fingerprint density at radius 3 is 2.74 bits per heavy atom. The highest BCUT2D eigenvalue weighted by molar-refractivity contribution is 5.76. The molecule has 8 heteroatoms. The molecule has 1 saturated heterocycles. The summed E-state index contributed by atoms with van der Waals surface area (Å²) in [5, 5.41) is 10.6. The van der Waals surface area contributed by atoms with Crippen LogP contribution in [-0.4, -0.2) is 53.7 Å². The van der Waals surface area contributed by atoms with Gasteiger partial charge in [0.2, 0.25) is 5.91 Å². The molecule has 1 unspecified atom stereocenters. The Labute approximate surface area is 132 Å². The van der Waals surface area contributed by atoms with Crippen molar-refractivity contribution in [3.63, 3.8) is 0 Å². The van der Waals surface area contributed by atoms with Crippen molar-refractivity contribution in [1.29, 1.82) is 0 Å². The number of anilines is 1. The lowest BCUT2D eigenvalue weighted by Gasteiger charge is -2.40. The van der Waals surface area contributed by atoms with E-state index in [4.69, 9.17) is 0 Å². The molecule has 1 atom stereocenters. The van der Waals surface area contributed by atoms with Crippen molar-refractivity contribution < 1.29 is 23.1 Å². The van der Waals surface area contributed by atoms with E-state index in [2.05, 4.69) is 4.98 Å². The summed E-state index contributed by atoms with van der Waals surface area (Å²) in [6.07, 6.45) is -3.56. The molecule has 1 N–H and O–H groups in total. The molecule has 2 rings (SSSR count). The van der Waals surface area contributed by atoms with Crippen LogP contribution < -0.4 is 4.90 Å². The molecule has 2 heterocycles. The summed E-state index contributed by atoms with van der Waals surface area (Å²) in [5.74, 6) is -0.0541. The Balaban J connectivity index is 2.16. The number of aromatic nitrogens is 1. The number of hydrogen-bond donors (Lipinski definition) is 1. The van der Waals surface area contributed by atoms with Crippen LogP contribution in [0.15, 0.2) is 18.2 Å². The van der Waals surface area contributed by atoms with Crippen molar-refractivity contribution in [2.45, 2.75) is 31.0 Å². The summed E-state index contributed by atoms with van der Waals surface area (Å²) in [6, 6.07) is 3.69. The van der Waals surface area contributed by atoms with Crippen LogP contribution in [-0.2, 0) is 11.0 Å². The molecule has 1 aliphatic heterocycles. The lowest BCUT2D eigenvalue weighted by Crippen LogP contribution is -2.50. The van der Waals surface area contributed by atoms with Gasteiger partial charge in [0.05, 0.1) is 12.0 Å². The van der Waals surface area contributed by atoms with E-state index in [1.54, 1.807) is 19.0 Å². The van der Waals surface area contributed by atoms with Crippen molar-refractivity contribution in [2.75, 3.05) is 32.1 Å². The first kappa shape index (κ1) is 17.5. The van der Waals surface area contributed by atoms with Crippen molar-refractivity contribution in [3.05, 3.63) is 23.9 Å². The average molecular weight is 331 g/mol. The van der Waals surface area contributed by atoms with Gasteiger partial charge in [-0.2, -0.15) is 13.2 Å². The number of amides is 1. The number of β-amino-alcohol motifs (C(OH)–C–C–N with tert-alkyl or cyclic N) is 1. The van der Waals surface area contributed by atoms with Crippen molar-refractivity contribution in [2.24, 2.45) is 0 Å². The number of hydrogen-bond acceptors (Lipinski definition) is 4. The summed E-state index contributed by atoms with van der Waals surface area (Å²) in [6.45, 7) is 0.577. The predicted molar refractivity (Wildman–Crippen MR) is 78.9 cm³/mol. The fourth-order valence-electron chi connectivity index (χ4n) is 2.65. The van der Waals surface area contributed by atoms with Gasteiger partial charge in [-0.1, -0.05) is 6.07 Å². The maximum absolute atomic E-state index is 12.8. The van der Waals surface area contributed by atoms with E-state index in [9.17, 15) is 23.1 Å². The zero-order chi connectivity index (χ0) is 17.3. The van der Waals surface area contributed by atoms with Crippen LogP contribution in [0.3, 0.4) is 0 Å². The summed E-state index contributed by atoms with van der Waals surface area (Å²) in [4.78, 5) is 18.5. The highest BCUT2D eigenvalue weighted by atomic mass is 19.4. The van der Waals surface area contributed by atoms with Gasteiger partial charge in [-0.3, -0.25) is 4.79 Å². The lowest BCUT2D eigenvalue weighted by molar-refractivity contribution is -0.141. The minimum Gasteiger partial charge on any atom is -0.388 e. The van der Waals surface area contributed by atoms with Gasteiger partial charge in [-0.25, -0.2) is 4.98 Å². The van der Waals surface area contributed by atoms with Crippen molar-refractivity contribution in [3.8, 4) is 0 Å². The Hall–Kier alpha value is -1.83. The number of aliphatic hydroxyl groups is 1.